The summed E-state index contributed by atoms with van der Waals surface area (Å²) < 4.78 is 8.02. The SMILES string of the molecule is Cc1cn(-c2cc(Cl)cc3nc(N4CCNC[C@@H]4C)oc23)cn1. The van der Waals surface area contributed by atoms with E-state index >= 15 is 0 Å². The van der Waals surface area contributed by atoms with Crippen LogP contribution in [-0.4, -0.2) is 40.2 Å². The molecule has 4 rings (SSSR count). The number of rotatable bonds is 2. The van der Waals surface area contributed by atoms with Gasteiger partial charge in [0.25, 0.3) is 6.01 Å². The van der Waals surface area contributed by atoms with Gasteiger partial charge >= 0.3 is 0 Å². The van der Waals surface area contributed by atoms with E-state index in [2.05, 4.69) is 27.1 Å². The van der Waals surface area contributed by atoms with Crippen molar-refractivity contribution >= 4 is 28.7 Å². The van der Waals surface area contributed by atoms with Crippen molar-refractivity contribution in [1.82, 2.24) is 19.9 Å². The third kappa shape index (κ3) is 2.58. The van der Waals surface area contributed by atoms with E-state index in [0.29, 0.717) is 17.1 Å². The third-order valence-electron chi connectivity index (χ3n) is 4.16. The summed E-state index contributed by atoms with van der Waals surface area (Å²) in [6.07, 6.45) is 3.71. The average Bonchev–Trinajstić information content (AvgIpc) is 3.13. The maximum atomic E-state index is 6.27. The fourth-order valence-electron chi connectivity index (χ4n) is 2.96. The van der Waals surface area contributed by atoms with E-state index in [0.717, 1.165) is 42.1 Å². The Balaban J connectivity index is 1.84. The minimum absolute atomic E-state index is 0.339. The highest BCUT2D eigenvalue weighted by Gasteiger charge is 2.24. The lowest BCUT2D eigenvalue weighted by Crippen LogP contribution is -2.50. The number of halogens is 1. The zero-order valence-electron chi connectivity index (χ0n) is 13.1. The molecule has 1 fully saturated rings. The lowest BCUT2D eigenvalue weighted by atomic mass is 10.2. The maximum absolute atomic E-state index is 6.27. The van der Waals surface area contributed by atoms with E-state index < -0.39 is 0 Å². The van der Waals surface area contributed by atoms with Gasteiger partial charge in [-0.3, -0.25) is 0 Å². The van der Waals surface area contributed by atoms with Gasteiger partial charge in [0.15, 0.2) is 5.58 Å². The van der Waals surface area contributed by atoms with Crippen LogP contribution in [0.4, 0.5) is 6.01 Å². The molecule has 0 radical (unpaired) electrons. The molecule has 3 aromatic rings. The summed E-state index contributed by atoms with van der Waals surface area (Å²) in [4.78, 5) is 11.1. The van der Waals surface area contributed by atoms with Gasteiger partial charge in [0.1, 0.15) is 5.52 Å². The van der Waals surface area contributed by atoms with Gasteiger partial charge in [0, 0.05) is 36.9 Å². The summed E-state index contributed by atoms with van der Waals surface area (Å²) in [6, 6.07) is 4.70. The summed E-state index contributed by atoms with van der Waals surface area (Å²) in [5.41, 5.74) is 3.29. The normalized spacial score (nSPS) is 18.7. The minimum atomic E-state index is 0.339. The van der Waals surface area contributed by atoms with Crippen molar-refractivity contribution in [3.63, 3.8) is 0 Å². The second-order valence-corrected chi connectivity index (χ2v) is 6.37. The van der Waals surface area contributed by atoms with E-state index in [-0.39, 0.29) is 0 Å². The van der Waals surface area contributed by atoms with Crippen molar-refractivity contribution in [3.05, 3.63) is 35.4 Å². The molecule has 2 aromatic heterocycles. The van der Waals surface area contributed by atoms with Crippen LogP contribution in [0.5, 0.6) is 0 Å². The van der Waals surface area contributed by atoms with Crippen LogP contribution in [0.1, 0.15) is 12.6 Å². The van der Waals surface area contributed by atoms with Crippen LogP contribution >= 0.6 is 11.6 Å². The molecule has 0 bridgehead atoms. The molecule has 0 spiro atoms. The number of hydrogen-bond acceptors (Lipinski definition) is 5. The number of benzene rings is 1. The molecular weight excluding hydrogens is 314 g/mol. The molecule has 0 aliphatic carbocycles. The Morgan fingerprint density at radius 2 is 2.26 bits per heavy atom. The van der Waals surface area contributed by atoms with Gasteiger partial charge in [-0.2, -0.15) is 4.98 Å². The van der Waals surface area contributed by atoms with E-state index in [1.165, 1.54) is 0 Å². The molecule has 1 aliphatic rings. The first-order valence-corrected chi connectivity index (χ1v) is 8.08. The molecule has 1 N–H and O–H groups in total. The number of aryl methyl sites for hydroxylation is 1. The molecule has 0 saturated carbocycles. The first-order chi connectivity index (χ1) is 11.1. The highest BCUT2D eigenvalue weighted by Crippen LogP contribution is 2.31. The van der Waals surface area contributed by atoms with Crippen molar-refractivity contribution in [3.8, 4) is 5.69 Å². The Labute approximate surface area is 139 Å². The summed E-state index contributed by atoms with van der Waals surface area (Å²) in [7, 11) is 0. The van der Waals surface area contributed by atoms with E-state index in [9.17, 15) is 0 Å². The molecule has 0 unspecified atom stereocenters. The average molecular weight is 332 g/mol. The van der Waals surface area contributed by atoms with Crippen LogP contribution in [0.3, 0.4) is 0 Å². The summed E-state index contributed by atoms with van der Waals surface area (Å²) >= 11 is 6.27. The Morgan fingerprint density at radius 3 is 3.00 bits per heavy atom. The Bertz CT molecular complexity index is 855. The second kappa shape index (κ2) is 5.54. The number of piperazine rings is 1. The van der Waals surface area contributed by atoms with Crippen LogP contribution in [-0.2, 0) is 0 Å². The van der Waals surface area contributed by atoms with Crippen LogP contribution in [0.25, 0.3) is 16.8 Å². The molecule has 6 nitrogen and oxygen atoms in total. The fourth-order valence-corrected chi connectivity index (χ4v) is 3.17. The van der Waals surface area contributed by atoms with Crippen molar-refractivity contribution < 1.29 is 4.42 Å². The molecule has 120 valence electrons. The topological polar surface area (TPSA) is 59.1 Å². The smallest absolute Gasteiger partial charge is 0.298 e. The molecular formula is C16H18ClN5O. The predicted molar refractivity (Wildman–Crippen MR) is 90.6 cm³/mol. The quantitative estimate of drug-likeness (QED) is 0.782. The first-order valence-electron chi connectivity index (χ1n) is 7.70. The minimum Gasteiger partial charge on any atom is -0.421 e. The van der Waals surface area contributed by atoms with Crippen molar-refractivity contribution in [2.75, 3.05) is 24.5 Å². The highest BCUT2D eigenvalue weighted by molar-refractivity contribution is 6.31. The van der Waals surface area contributed by atoms with Gasteiger partial charge in [0.05, 0.1) is 17.7 Å². The molecule has 1 aromatic carbocycles. The van der Waals surface area contributed by atoms with Gasteiger partial charge < -0.3 is 19.2 Å². The van der Waals surface area contributed by atoms with E-state index in [1.54, 1.807) is 6.33 Å². The van der Waals surface area contributed by atoms with Crippen LogP contribution in [0.15, 0.2) is 29.1 Å². The molecule has 0 amide bonds. The van der Waals surface area contributed by atoms with Gasteiger partial charge in [-0.25, -0.2) is 4.98 Å². The van der Waals surface area contributed by atoms with Gasteiger partial charge in [-0.1, -0.05) is 11.6 Å². The van der Waals surface area contributed by atoms with Crippen LogP contribution in [0, 0.1) is 6.92 Å². The third-order valence-corrected chi connectivity index (χ3v) is 4.38. The molecule has 23 heavy (non-hydrogen) atoms. The van der Waals surface area contributed by atoms with Crippen molar-refractivity contribution in [2.24, 2.45) is 0 Å². The zero-order chi connectivity index (χ0) is 16.0. The Kier molecular flexibility index (Phi) is 3.50. The predicted octanol–water partition coefficient (Wildman–Crippen LogP) is 2.77. The van der Waals surface area contributed by atoms with Crippen LogP contribution in [0.2, 0.25) is 5.02 Å². The van der Waals surface area contributed by atoms with Gasteiger partial charge in [-0.05, 0) is 26.0 Å². The number of nitrogens with zero attached hydrogens (tertiary/aromatic N) is 4. The van der Waals surface area contributed by atoms with Gasteiger partial charge in [0.2, 0.25) is 0 Å². The number of anilines is 1. The standard InChI is InChI=1S/C16H18ClN5O/c1-10-8-21(9-19-10)14-6-12(17)5-13-15(14)23-16(20-13)22-4-3-18-7-11(22)2/h5-6,8-9,11,18H,3-4,7H2,1-2H3/t11-/m0/s1. The summed E-state index contributed by atoms with van der Waals surface area (Å²) in [6.45, 7) is 6.84. The number of fused-ring (bicyclic) bond motifs is 1. The Morgan fingerprint density at radius 1 is 1.39 bits per heavy atom. The van der Waals surface area contributed by atoms with E-state index in [4.69, 9.17) is 16.0 Å². The zero-order valence-corrected chi connectivity index (χ0v) is 13.8. The molecule has 1 saturated heterocycles. The number of nitrogens with one attached hydrogen (secondary N) is 1. The fraction of sp³-hybridized carbons (Fsp3) is 0.375. The van der Waals surface area contributed by atoms with Gasteiger partial charge in [-0.15, -0.1) is 0 Å². The summed E-state index contributed by atoms with van der Waals surface area (Å²) in [5, 5.41) is 4.00. The lowest BCUT2D eigenvalue weighted by Gasteiger charge is -2.32. The Hall–Kier alpha value is -2.05. The summed E-state index contributed by atoms with van der Waals surface area (Å²) in [5.74, 6) is 0. The number of aromatic nitrogens is 3. The van der Waals surface area contributed by atoms with Crippen molar-refractivity contribution in [2.45, 2.75) is 19.9 Å². The maximum Gasteiger partial charge on any atom is 0.298 e. The highest BCUT2D eigenvalue weighted by atomic mass is 35.5. The lowest BCUT2D eigenvalue weighted by molar-refractivity contribution is 0.456. The second-order valence-electron chi connectivity index (χ2n) is 5.94. The molecule has 3 heterocycles. The number of oxazole rings is 1. The number of hydrogen-bond donors (Lipinski definition) is 1. The number of imidazole rings is 1. The van der Waals surface area contributed by atoms with E-state index in [1.807, 2.05) is 29.8 Å². The van der Waals surface area contributed by atoms with Crippen LogP contribution < -0.4 is 10.2 Å². The first kappa shape index (κ1) is 14.5. The molecule has 1 aliphatic heterocycles. The molecule has 1 atom stereocenters. The van der Waals surface area contributed by atoms with Crippen molar-refractivity contribution in [1.29, 1.82) is 0 Å². The molecule has 7 heteroatoms. The largest absolute Gasteiger partial charge is 0.421 e. The monoisotopic (exact) mass is 331 g/mol.